The lowest BCUT2D eigenvalue weighted by atomic mass is 10.1. The van der Waals surface area contributed by atoms with Gasteiger partial charge in [0, 0.05) is 32.7 Å². The lowest BCUT2D eigenvalue weighted by Gasteiger charge is -2.16. The smallest absolute Gasteiger partial charge is 0.317 e. The molecule has 1 fully saturated rings. The fourth-order valence-corrected chi connectivity index (χ4v) is 3.27. The molecule has 4 amide bonds. The van der Waals surface area contributed by atoms with Crippen molar-refractivity contribution in [2.24, 2.45) is 0 Å². The van der Waals surface area contributed by atoms with Crippen molar-refractivity contribution in [1.29, 1.82) is 0 Å². The minimum Gasteiger partial charge on any atom is -0.338 e. The number of likely N-dealkylation sites (tertiary alicyclic amines) is 1. The van der Waals surface area contributed by atoms with Crippen LogP contribution in [-0.4, -0.2) is 36.6 Å². The summed E-state index contributed by atoms with van der Waals surface area (Å²) in [6.07, 6.45) is 2.98. The Morgan fingerprint density at radius 3 is 2.14 bits per heavy atom. The quantitative estimate of drug-likeness (QED) is 0.691. The van der Waals surface area contributed by atoms with Crippen LogP contribution in [0.15, 0.2) is 54.6 Å². The van der Waals surface area contributed by atoms with Crippen LogP contribution in [0.4, 0.5) is 9.59 Å². The normalized spacial score (nSPS) is 13.2. The number of hydrogen-bond donors (Lipinski definition) is 3. The van der Waals surface area contributed by atoms with E-state index in [0.29, 0.717) is 19.6 Å². The van der Waals surface area contributed by atoms with Gasteiger partial charge in [0.25, 0.3) is 0 Å². The highest BCUT2D eigenvalue weighted by atomic mass is 16.2. The fourth-order valence-electron chi connectivity index (χ4n) is 3.27. The van der Waals surface area contributed by atoms with Gasteiger partial charge >= 0.3 is 12.1 Å². The highest BCUT2D eigenvalue weighted by molar-refractivity contribution is 5.74. The van der Waals surface area contributed by atoms with Gasteiger partial charge in [-0.1, -0.05) is 54.6 Å². The Morgan fingerprint density at radius 1 is 0.786 bits per heavy atom. The van der Waals surface area contributed by atoms with Gasteiger partial charge in [0.05, 0.1) is 0 Å². The maximum atomic E-state index is 12.1. The molecule has 3 rings (SSSR count). The zero-order valence-electron chi connectivity index (χ0n) is 16.1. The molecule has 6 heteroatoms. The molecule has 1 saturated heterocycles. The number of carbonyl (C=O) groups is 2. The van der Waals surface area contributed by atoms with Crippen LogP contribution in [0, 0.1) is 0 Å². The van der Waals surface area contributed by atoms with Crippen molar-refractivity contribution < 1.29 is 9.59 Å². The van der Waals surface area contributed by atoms with Crippen LogP contribution in [0.1, 0.15) is 29.5 Å². The van der Waals surface area contributed by atoms with E-state index < -0.39 is 0 Å². The molecule has 28 heavy (non-hydrogen) atoms. The Hall–Kier alpha value is -3.02. The summed E-state index contributed by atoms with van der Waals surface area (Å²) >= 11 is 0. The molecule has 0 spiro atoms. The molecular formula is C22H28N4O2. The van der Waals surface area contributed by atoms with Crippen molar-refractivity contribution in [1.82, 2.24) is 20.9 Å². The second-order valence-corrected chi connectivity index (χ2v) is 7.02. The van der Waals surface area contributed by atoms with E-state index in [1.54, 1.807) is 0 Å². The van der Waals surface area contributed by atoms with Gasteiger partial charge in [0.15, 0.2) is 0 Å². The van der Waals surface area contributed by atoms with E-state index in [1.165, 1.54) is 5.56 Å². The lowest BCUT2D eigenvalue weighted by molar-refractivity contribution is 0.208. The molecule has 0 bridgehead atoms. The largest absolute Gasteiger partial charge is 0.338 e. The standard InChI is InChI=1S/C22H28N4O2/c27-21(23-12-11-18-7-2-1-3-8-18)24-16-19-9-6-10-20(15-19)17-25-22(28)26-13-4-5-14-26/h1-3,6-10,15H,4-5,11-14,16-17H2,(H,25,28)(H2,23,24,27). The topological polar surface area (TPSA) is 73.5 Å². The summed E-state index contributed by atoms with van der Waals surface area (Å²) in [6.45, 7) is 3.22. The molecule has 1 aliphatic rings. The monoisotopic (exact) mass is 380 g/mol. The summed E-state index contributed by atoms with van der Waals surface area (Å²) in [5.74, 6) is 0. The Labute approximate surface area is 166 Å². The first kappa shape index (κ1) is 19.7. The van der Waals surface area contributed by atoms with E-state index in [4.69, 9.17) is 0 Å². The molecule has 0 radical (unpaired) electrons. The van der Waals surface area contributed by atoms with Crippen LogP contribution >= 0.6 is 0 Å². The lowest BCUT2D eigenvalue weighted by Crippen LogP contribution is -2.37. The molecular weight excluding hydrogens is 352 g/mol. The van der Waals surface area contributed by atoms with Crippen LogP contribution in [-0.2, 0) is 19.5 Å². The number of amides is 4. The van der Waals surface area contributed by atoms with Gasteiger partial charge in [0.2, 0.25) is 0 Å². The van der Waals surface area contributed by atoms with Crippen LogP contribution in [0.2, 0.25) is 0 Å². The minimum atomic E-state index is -0.177. The molecule has 2 aromatic rings. The van der Waals surface area contributed by atoms with Gasteiger partial charge in [-0.2, -0.15) is 0 Å². The fraction of sp³-hybridized carbons (Fsp3) is 0.364. The molecule has 3 N–H and O–H groups in total. The van der Waals surface area contributed by atoms with Crippen molar-refractivity contribution in [3.05, 3.63) is 71.3 Å². The maximum absolute atomic E-state index is 12.1. The summed E-state index contributed by atoms with van der Waals surface area (Å²) in [4.78, 5) is 25.9. The number of rotatable bonds is 7. The highest BCUT2D eigenvalue weighted by Gasteiger charge is 2.17. The van der Waals surface area contributed by atoms with Crippen molar-refractivity contribution >= 4 is 12.1 Å². The average molecular weight is 380 g/mol. The van der Waals surface area contributed by atoms with Crippen molar-refractivity contribution in [2.45, 2.75) is 32.4 Å². The van der Waals surface area contributed by atoms with Gasteiger partial charge < -0.3 is 20.9 Å². The van der Waals surface area contributed by atoms with Crippen LogP contribution in [0.25, 0.3) is 0 Å². The minimum absolute atomic E-state index is 0.00109. The zero-order chi connectivity index (χ0) is 19.6. The molecule has 1 aliphatic heterocycles. The van der Waals surface area contributed by atoms with Gasteiger partial charge in [-0.25, -0.2) is 9.59 Å². The first-order chi connectivity index (χ1) is 13.7. The summed E-state index contributed by atoms with van der Waals surface area (Å²) in [5.41, 5.74) is 3.23. The number of nitrogens with one attached hydrogen (secondary N) is 3. The Morgan fingerprint density at radius 2 is 1.43 bits per heavy atom. The molecule has 0 saturated carbocycles. The number of hydrogen-bond acceptors (Lipinski definition) is 2. The average Bonchev–Trinajstić information content (AvgIpc) is 3.27. The molecule has 2 aromatic carbocycles. The molecule has 0 atom stereocenters. The van der Waals surface area contributed by atoms with Gasteiger partial charge in [-0.3, -0.25) is 0 Å². The van der Waals surface area contributed by atoms with Crippen LogP contribution in [0.3, 0.4) is 0 Å². The number of nitrogens with zero attached hydrogens (tertiary/aromatic N) is 1. The van der Waals surface area contributed by atoms with Gasteiger partial charge in [-0.15, -0.1) is 0 Å². The van der Waals surface area contributed by atoms with Crippen molar-refractivity contribution in [3.63, 3.8) is 0 Å². The van der Waals surface area contributed by atoms with E-state index in [1.807, 2.05) is 59.5 Å². The van der Waals surface area contributed by atoms with Crippen molar-refractivity contribution in [2.75, 3.05) is 19.6 Å². The van der Waals surface area contributed by atoms with Crippen molar-refractivity contribution in [3.8, 4) is 0 Å². The first-order valence-electron chi connectivity index (χ1n) is 9.87. The number of benzene rings is 2. The number of urea groups is 2. The molecule has 148 valence electrons. The second kappa shape index (κ2) is 10.3. The highest BCUT2D eigenvalue weighted by Crippen LogP contribution is 2.09. The van der Waals surface area contributed by atoms with Gasteiger partial charge in [0.1, 0.15) is 0 Å². The Bertz CT molecular complexity index is 773. The molecule has 0 aliphatic carbocycles. The molecule has 0 unspecified atom stereocenters. The van der Waals surface area contributed by atoms with E-state index in [2.05, 4.69) is 16.0 Å². The summed E-state index contributed by atoms with van der Waals surface area (Å²) in [7, 11) is 0. The van der Waals surface area contributed by atoms with E-state index in [9.17, 15) is 9.59 Å². The predicted molar refractivity (Wildman–Crippen MR) is 110 cm³/mol. The predicted octanol–water partition coefficient (Wildman–Crippen LogP) is 3.03. The van der Waals surface area contributed by atoms with E-state index in [-0.39, 0.29) is 12.1 Å². The Balaban J connectivity index is 1.37. The summed E-state index contributed by atoms with van der Waals surface area (Å²) < 4.78 is 0. The van der Waals surface area contributed by atoms with Gasteiger partial charge in [-0.05, 0) is 36.0 Å². The zero-order valence-corrected chi connectivity index (χ0v) is 16.1. The number of carbonyl (C=O) groups excluding carboxylic acids is 2. The van der Waals surface area contributed by atoms with E-state index in [0.717, 1.165) is 43.5 Å². The molecule has 1 heterocycles. The molecule has 6 nitrogen and oxygen atoms in total. The summed E-state index contributed by atoms with van der Waals surface area (Å²) in [6, 6.07) is 17.8. The third-order valence-corrected chi connectivity index (χ3v) is 4.82. The van der Waals surface area contributed by atoms with E-state index >= 15 is 0 Å². The van der Waals surface area contributed by atoms with Crippen LogP contribution in [0.5, 0.6) is 0 Å². The molecule has 0 aromatic heterocycles. The SMILES string of the molecule is O=C(NCCc1ccccc1)NCc1cccc(CNC(=O)N2CCCC2)c1. The Kier molecular flexibility index (Phi) is 7.29. The third kappa shape index (κ3) is 6.30. The van der Waals surface area contributed by atoms with Crippen LogP contribution < -0.4 is 16.0 Å². The maximum Gasteiger partial charge on any atom is 0.317 e. The second-order valence-electron chi connectivity index (χ2n) is 7.02. The third-order valence-electron chi connectivity index (χ3n) is 4.82. The first-order valence-corrected chi connectivity index (χ1v) is 9.87. The summed E-state index contributed by atoms with van der Waals surface area (Å²) in [5, 5.41) is 8.71.